The molecule has 0 aliphatic rings. The fraction of sp³-hybridized carbons (Fsp3) is 0.208. The van der Waals surface area contributed by atoms with E-state index in [1.54, 1.807) is 0 Å². The van der Waals surface area contributed by atoms with Crippen LogP contribution in [0, 0.1) is 6.92 Å². The third-order valence-electron chi connectivity index (χ3n) is 5.19. The van der Waals surface area contributed by atoms with E-state index in [4.69, 9.17) is 9.97 Å². The SMILES string of the molecule is Cc1ccc2nc(-c3ccccc3)n(-c3ccc4[nH]nc(C(C)(C)C)c4c3)c2n1. The third kappa shape index (κ3) is 2.90. The number of hydrogen-bond donors (Lipinski definition) is 1. The summed E-state index contributed by atoms with van der Waals surface area (Å²) in [4.78, 5) is 9.73. The van der Waals surface area contributed by atoms with Gasteiger partial charge in [0.05, 0.1) is 11.2 Å². The average molecular weight is 381 g/mol. The minimum atomic E-state index is -0.0506. The summed E-state index contributed by atoms with van der Waals surface area (Å²) in [5.41, 5.74) is 6.86. The predicted molar refractivity (Wildman–Crippen MR) is 117 cm³/mol. The van der Waals surface area contributed by atoms with Crippen molar-refractivity contribution in [3.8, 4) is 17.1 Å². The highest BCUT2D eigenvalue weighted by atomic mass is 15.1. The van der Waals surface area contributed by atoms with E-state index < -0.39 is 0 Å². The van der Waals surface area contributed by atoms with E-state index >= 15 is 0 Å². The summed E-state index contributed by atoms with van der Waals surface area (Å²) >= 11 is 0. The lowest BCUT2D eigenvalue weighted by Gasteiger charge is -2.16. The number of benzene rings is 2. The molecule has 0 aliphatic carbocycles. The first-order valence-corrected chi connectivity index (χ1v) is 9.82. The number of nitrogens with zero attached hydrogens (tertiary/aromatic N) is 4. The van der Waals surface area contributed by atoms with E-state index in [0.29, 0.717) is 0 Å². The van der Waals surface area contributed by atoms with Crippen molar-refractivity contribution in [1.29, 1.82) is 0 Å². The van der Waals surface area contributed by atoms with Gasteiger partial charge in [0.25, 0.3) is 0 Å². The zero-order chi connectivity index (χ0) is 20.2. The van der Waals surface area contributed by atoms with Crippen molar-refractivity contribution in [3.05, 3.63) is 72.1 Å². The lowest BCUT2D eigenvalue weighted by atomic mass is 9.90. The van der Waals surface area contributed by atoms with Crippen LogP contribution in [0.25, 0.3) is 39.1 Å². The first kappa shape index (κ1) is 17.6. The standard InChI is InChI=1S/C24H23N5/c1-15-10-12-20-23(25-15)29(22(26-20)16-8-6-5-7-9-16)17-11-13-19-18(14-17)21(28-27-19)24(2,3)4/h5-14H,1-4H3,(H,27,28). The Morgan fingerprint density at radius 1 is 0.897 bits per heavy atom. The summed E-state index contributed by atoms with van der Waals surface area (Å²) in [6.07, 6.45) is 0. The molecule has 5 heteroatoms. The van der Waals surface area contributed by atoms with Gasteiger partial charge in [0.1, 0.15) is 11.3 Å². The Morgan fingerprint density at radius 2 is 1.69 bits per heavy atom. The second-order valence-electron chi connectivity index (χ2n) is 8.48. The molecular weight excluding hydrogens is 358 g/mol. The topological polar surface area (TPSA) is 59.4 Å². The van der Waals surface area contributed by atoms with Crippen LogP contribution < -0.4 is 0 Å². The average Bonchev–Trinajstić information content (AvgIpc) is 3.29. The molecule has 3 aromatic heterocycles. The van der Waals surface area contributed by atoms with E-state index in [1.165, 1.54) is 0 Å². The number of H-pyrrole nitrogens is 1. The van der Waals surface area contributed by atoms with Gasteiger partial charge in [-0.15, -0.1) is 0 Å². The van der Waals surface area contributed by atoms with Crippen LogP contribution in [0.3, 0.4) is 0 Å². The first-order chi connectivity index (χ1) is 13.9. The fourth-order valence-electron chi connectivity index (χ4n) is 3.79. The van der Waals surface area contributed by atoms with Crippen LogP contribution >= 0.6 is 0 Å². The monoisotopic (exact) mass is 381 g/mol. The zero-order valence-corrected chi connectivity index (χ0v) is 17.1. The van der Waals surface area contributed by atoms with Crippen LogP contribution in [-0.4, -0.2) is 24.7 Å². The van der Waals surface area contributed by atoms with Crippen molar-refractivity contribution in [2.45, 2.75) is 33.1 Å². The van der Waals surface area contributed by atoms with Gasteiger partial charge in [-0.1, -0.05) is 51.1 Å². The molecule has 0 spiro atoms. The molecule has 0 bridgehead atoms. The maximum absolute atomic E-state index is 4.92. The van der Waals surface area contributed by atoms with E-state index in [2.05, 4.69) is 65.9 Å². The van der Waals surface area contributed by atoms with Gasteiger partial charge in [-0.2, -0.15) is 5.10 Å². The molecule has 0 unspecified atom stereocenters. The molecule has 0 saturated carbocycles. The molecule has 29 heavy (non-hydrogen) atoms. The number of fused-ring (bicyclic) bond motifs is 2. The molecule has 0 fully saturated rings. The lowest BCUT2D eigenvalue weighted by molar-refractivity contribution is 0.571. The number of nitrogens with one attached hydrogen (secondary N) is 1. The number of rotatable bonds is 2. The van der Waals surface area contributed by atoms with Crippen LogP contribution in [0.15, 0.2) is 60.7 Å². The molecule has 0 aliphatic heterocycles. The fourth-order valence-corrected chi connectivity index (χ4v) is 3.79. The molecule has 3 heterocycles. The Hall–Kier alpha value is -3.47. The number of aryl methyl sites for hydroxylation is 1. The minimum Gasteiger partial charge on any atom is -0.278 e. The highest BCUT2D eigenvalue weighted by molar-refractivity contribution is 5.87. The Balaban J connectivity index is 1.83. The summed E-state index contributed by atoms with van der Waals surface area (Å²) in [7, 11) is 0. The maximum atomic E-state index is 4.92. The molecule has 2 aromatic carbocycles. The third-order valence-corrected chi connectivity index (χ3v) is 5.19. The van der Waals surface area contributed by atoms with Crippen molar-refractivity contribution in [1.82, 2.24) is 24.7 Å². The van der Waals surface area contributed by atoms with E-state index in [9.17, 15) is 0 Å². The number of imidazole rings is 1. The number of hydrogen-bond acceptors (Lipinski definition) is 3. The largest absolute Gasteiger partial charge is 0.278 e. The Labute approximate surface area is 169 Å². The number of pyridine rings is 1. The maximum Gasteiger partial charge on any atom is 0.165 e. The molecule has 144 valence electrons. The van der Waals surface area contributed by atoms with E-state index in [-0.39, 0.29) is 5.41 Å². The molecule has 1 N–H and O–H groups in total. The van der Waals surface area contributed by atoms with Gasteiger partial charge in [-0.3, -0.25) is 9.67 Å². The lowest BCUT2D eigenvalue weighted by Crippen LogP contribution is -2.12. The molecule has 5 rings (SSSR count). The second-order valence-corrected chi connectivity index (χ2v) is 8.48. The molecular formula is C24H23N5. The summed E-state index contributed by atoms with van der Waals surface area (Å²) in [5.74, 6) is 0.888. The Morgan fingerprint density at radius 3 is 2.45 bits per heavy atom. The van der Waals surface area contributed by atoms with E-state index in [0.717, 1.165) is 50.5 Å². The molecule has 5 nitrogen and oxygen atoms in total. The smallest absolute Gasteiger partial charge is 0.165 e. The van der Waals surface area contributed by atoms with Crippen LogP contribution in [0.4, 0.5) is 0 Å². The summed E-state index contributed by atoms with van der Waals surface area (Å²) < 4.78 is 2.15. The van der Waals surface area contributed by atoms with Crippen LogP contribution in [0.1, 0.15) is 32.2 Å². The molecule has 0 saturated heterocycles. The molecule has 0 amide bonds. The minimum absolute atomic E-state index is 0.0506. The number of aromatic amines is 1. The van der Waals surface area contributed by atoms with Crippen molar-refractivity contribution in [2.75, 3.05) is 0 Å². The van der Waals surface area contributed by atoms with Crippen LogP contribution in [0.5, 0.6) is 0 Å². The zero-order valence-electron chi connectivity index (χ0n) is 17.1. The normalized spacial score (nSPS) is 12.1. The summed E-state index contributed by atoms with van der Waals surface area (Å²) in [6.45, 7) is 8.56. The van der Waals surface area contributed by atoms with E-state index in [1.807, 2.05) is 37.3 Å². The van der Waals surface area contributed by atoms with Gasteiger partial charge in [0.2, 0.25) is 0 Å². The quantitative estimate of drug-likeness (QED) is 0.435. The number of aromatic nitrogens is 5. The van der Waals surface area contributed by atoms with Gasteiger partial charge in [-0.25, -0.2) is 9.97 Å². The van der Waals surface area contributed by atoms with Gasteiger partial charge in [-0.05, 0) is 37.3 Å². The highest BCUT2D eigenvalue weighted by Crippen LogP contribution is 2.32. The Bertz CT molecular complexity index is 1340. The van der Waals surface area contributed by atoms with Crippen molar-refractivity contribution in [2.24, 2.45) is 0 Å². The predicted octanol–water partition coefficient (Wildman–Crippen LogP) is 5.57. The molecule has 0 radical (unpaired) electrons. The van der Waals surface area contributed by atoms with Crippen molar-refractivity contribution in [3.63, 3.8) is 0 Å². The van der Waals surface area contributed by atoms with Gasteiger partial charge < -0.3 is 0 Å². The van der Waals surface area contributed by atoms with Crippen molar-refractivity contribution >= 4 is 22.1 Å². The molecule has 0 atom stereocenters. The summed E-state index contributed by atoms with van der Waals surface area (Å²) in [5, 5.41) is 8.88. The first-order valence-electron chi connectivity index (χ1n) is 9.82. The van der Waals surface area contributed by atoms with Gasteiger partial charge in [0.15, 0.2) is 5.65 Å². The van der Waals surface area contributed by atoms with Gasteiger partial charge >= 0.3 is 0 Å². The van der Waals surface area contributed by atoms with Crippen molar-refractivity contribution < 1.29 is 0 Å². The van der Waals surface area contributed by atoms with Gasteiger partial charge in [0, 0.05) is 27.7 Å². The Kier molecular flexibility index (Phi) is 3.81. The molecule has 5 aromatic rings. The van der Waals surface area contributed by atoms with Crippen LogP contribution in [-0.2, 0) is 5.41 Å². The summed E-state index contributed by atoms with van der Waals surface area (Å²) in [6, 6.07) is 20.7. The van der Waals surface area contributed by atoms with Crippen LogP contribution in [0.2, 0.25) is 0 Å². The highest BCUT2D eigenvalue weighted by Gasteiger charge is 2.22. The second kappa shape index (κ2) is 6.27.